The molecule has 26 heavy (non-hydrogen) atoms. The van der Waals surface area contributed by atoms with Gasteiger partial charge < -0.3 is 14.6 Å². The van der Waals surface area contributed by atoms with Gasteiger partial charge >= 0.3 is 0 Å². The molecule has 0 spiro atoms. The summed E-state index contributed by atoms with van der Waals surface area (Å²) < 4.78 is 31.6. The van der Waals surface area contributed by atoms with E-state index in [0.717, 1.165) is 18.7 Å². The molecule has 1 aromatic rings. The van der Waals surface area contributed by atoms with Crippen molar-refractivity contribution in [1.82, 2.24) is 19.8 Å². The number of aromatic nitrogens is 2. The fourth-order valence-electron chi connectivity index (χ4n) is 3.08. The Morgan fingerprint density at radius 2 is 2.19 bits per heavy atom. The number of ether oxygens (including phenoxy) is 1. The lowest BCUT2D eigenvalue weighted by molar-refractivity contribution is -0.119. The molecule has 2 rings (SSSR count). The molecule has 0 aromatic carbocycles. The molecule has 0 aliphatic carbocycles. The molecule has 1 amide bonds. The van der Waals surface area contributed by atoms with Crippen LogP contribution in [-0.2, 0) is 32.5 Å². The lowest BCUT2D eigenvalue weighted by Crippen LogP contribution is -2.42. The van der Waals surface area contributed by atoms with E-state index in [9.17, 15) is 13.2 Å². The van der Waals surface area contributed by atoms with Gasteiger partial charge in [-0.05, 0) is 20.3 Å². The molecule has 1 N–H and O–H groups in total. The molecule has 9 heteroatoms. The Morgan fingerprint density at radius 1 is 1.46 bits per heavy atom. The number of sulfone groups is 1. The quantitative estimate of drug-likeness (QED) is 0.640. The molecule has 1 atom stereocenters. The topological polar surface area (TPSA) is 93.5 Å². The van der Waals surface area contributed by atoms with Crippen molar-refractivity contribution >= 4 is 15.7 Å². The zero-order valence-electron chi connectivity index (χ0n) is 16.1. The first-order chi connectivity index (χ1) is 12.3. The zero-order chi connectivity index (χ0) is 19.3. The maximum absolute atomic E-state index is 12.3. The molecule has 0 saturated carbocycles. The van der Waals surface area contributed by atoms with Crippen LogP contribution in [0.3, 0.4) is 0 Å². The number of methoxy groups -OCH3 is 1. The van der Waals surface area contributed by atoms with E-state index in [1.807, 2.05) is 0 Å². The Labute approximate surface area is 155 Å². The highest BCUT2D eigenvalue weighted by Gasteiger charge is 2.26. The number of rotatable bonds is 10. The van der Waals surface area contributed by atoms with E-state index < -0.39 is 9.84 Å². The summed E-state index contributed by atoms with van der Waals surface area (Å²) in [5, 5.41) is 3.10. The van der Waals surface area contributed by atoms with Crippen molar-refractivity contribution in [3.8, 4) is 0 Å². The molecule has 0 unspecified atom stereocenters. The van der Waals surface area contributed by atoms with Crippen LogP contribution in [-0.4, -0.2) is 66.9 Å². The summed E-state index contributed by atoms with van der Waals surface area (Å²) in [6, 6.07) is 0.392. The predicted molar refractivity (Wildman–Crippen MR) is 98.5 cm³/mol. The summed E-state index contributed by atoms with van der Waals surface area (Å²) in [6.45, 7) is 7.96. The molecular weight excluding hydrogens is 356 g/mol. The minimum Gasteiger partial charge on any atom is -0.383 e. The zero-order valence-corrected chi connectivity index (χ0v) is 16.9. The van der Waals surface area contributed by atoms with Crippen LogP contribution < -0.4 is 5.32 Å². The van der Waals surface area contributed by atoms with E-state index in [2.05, 4.69) is 29.0 Å². The van der Waals surface area contributed by atoms with Crippen molar-refractivity contribution in [3.63, 3.8) is 0 Å². The van der Waals surface area contributed by atoms with Gasteiger partial charge in [0.1, 0.15) is 0 Å². The third-order valence-electron chi connectivity index (χ3n) is 4.71. The first-order valence-electron chi connectivity index (χ1n) is 9.08. The van der Waals surface area contributed by atoms with Crippen LogP contribution in [0.2, 0.25) is 0 Å². The van der Waals surface area contributed by atoms with E-state index >= 15 is 0 Å². The molecule has 0 bridgehead atoms. The van der Waals surface area contributed by atoms with Crippen molar-refractivity contribution in [2.24, 2.45) is 0 Å². The first-order valence-corrected chi connectivity index (χ1v) is 10.7. The normalized spacial score (nSPS) is 18.1. The van der Waals surface area contributed by atoms with E-state index in [-0.39, 0.29) is 28.9 Å². The van der Waals surface area contributed by atoms with Crippen LogP contribution in [0.15, 0.2) is 11.4 Å². The van der Waals surface area contributed by atoms with Gasteiger partial charge in [-0.3, -0.25) is 9.69 Å². The second-order valence-corrected chi connectivity index (χ2v) is 9.08. The largest absolute Gasteiger partial charge is 0.383 e. The molecular formula is C17H30N4O4S. The monoisotopic (exact) mass is 386 g/mol. The number of nitrogens with zero attached hydrogens (tertiary/aromatic N) is 3. The molecule has 0 radical (unpaired) electrons. The Morgan fingerprint density at radius 3 is 2.73 bits per heavy atom. The maximum Gasteiger partial charge on any atom is 0.227 e. The van der Waals surface area contributed by atoms with Gasteiger partial charge in [-0.15, -0.1) is 0 Å². The third-order valence-corrected chi connectivity index (χ3v) is 6.36. The Hall–Kier alpha value is -1.45. The van der Waals surface area contributed by atoms with E-state index in [4.69, 9.17) is 4.74 Å². The van der Waals surface area contributed by atoms with E-state index in [0.29, 0.717) is 26.1 Å². The predicted octanol–water partition coefficient (Wildman–Crippen LogP) is 0.812. The minimum atomic E-state index is -3.40. The summed E-state index contributed by atoms with van der Waals surface area (Å²) in [5.41, 5.74) is 0.840. The summed E-state index contributed by atoms with van der Waals surface area (Å²) >= 11 is 0. The lowest BCUT2D eigenvalue weighted by Gasteiger charge is -2.29. The van der Waals surface area contributed by atoms with Crippen molar-refractivity contribution in [2.75, 3.05) is 26.0 Å². The molecule has 1 fully saturated rings. The highest BCUT2D eigenvalue weighted by atomic mass is 32.2. The average molecular weight is 387 g/mol. The molecule has 2 heterocycles. The highest BCUT2D eigenvalue weighted by molar-refractivity contribution is 7.91. The van der Waals surface area contributed by atoms with Crippen LogP contribution >= 0.6 is 0 Å². The van der Waals surface area contributed by atoms with Crippen LogP contribution in [0.4, 0.5) is 0 Å². The van der Waals surface area contributed by atoms with Crippen LogP contribution in [0.1, 0.15) is 39.3 Å². The Balaban J connectivity index is 2.23. The van der Waals surface area contributed by atoms with Crippen molar-refractivity contribution < 1.29 is 17.9 Å². The number of carbonyl (C=O) groups excluding carboxylic acids is 1. The highest BCUT2D eigenvalue weighted by Crippen LogP contribution is 2.18. The number of hydrogen-bond donors (Lipinski definition) is 1. The van der Waals surface area contributed by atoms with Crippen molar-refractivity contribution in [3.05, 3.63) is 11.9 Å². The minimum absolute atomic E-state index is 0.0123. The first kappa shape index (κ1) is 20.9. The number of imidazole rings is 1. The van der Waals surface area contributed by atoms with Gasteiger partial charge in [-0.1, -0.05) is 6.92 Å². The van der Waals surface area contributed by atoms with Gasteiger partial charge in [0.15, 0.2) is 0 Å². The van der Waals surface area contributed by atoms with Gasteiger partial charge in [0, 0.05) is 45.2 Å². The molecule has 1 aromatic heterocycles. The number of amides is 1. The van der Waals surface area contributed by atoms with Crippen LogP contribution in [0.25, 0.3) is 0 Å². The average Bonchev–Trinajstić information content (AvgIpc) is 3.18. The third kappa shape index (κ3) is 5.05. The lowest BCUT2D eigenvalue weighted by atomic mass is 10.2. The fourth-order valence-corrected chi connectivity index (χ4v) is 4.10. The van der Waals surface area contributed by atoms with Gasteiger partial charge in [-0.25, -0.2) is 13.4 Å². The number of carbonyl (C=O) groups is 1. The second kappa shape index (κ2) is 8.96. The number of hydrogen-bond acceptors (Lipinski definition) is 6. The van der Waals surface area contributed by atoms with Crippen molar-refractivity contribution in [2.45, 2.75) is 63.9 Å². The van der Waals surface area contributed by atoms with Gasteiger partial charge in [0.25, 0.3) is 0 Å². The van der Waals surface area contributed by atoms with Crippen molar-refractivity contribution in [1.29, 1.82) is 0 Å². The molecule has 1 saturated heterocycles. The fraction of sp³-hybridized carbons (Fsp3) is 0.765. The molecule has 1 aliphatic rings. The standard InChI is InChI=1S/C17H30N4O4S/c1-5-26(23,24)17-18-10-15(21(17)8-9-25-4)12-20(13(2)3)11-14-6-7-16(22)19-14/h10,13-14H,5-9,11-12H2,1-4H3,(H,19,22)/t14-/m1/s1. The molecule has 148 valence electrons. The van der Waals surface area contributed by atoms with E-state index in [1.165, 1.54) is 0 Å². The SMILES string of the molecule is CCS(=O)(=O)c1ncc(CN(C[C@H]2CCC(=O)N2)C(C)C)n1CCOC. The number of nitrogens with one attached hydrogen (secondary N) is 1. The smallest absolute Gasteiger partial charge is 0.227 e. The maximum atomic E-state index is 12.3. The van der Waals surface area contributed by atoms with Crippen LogP contribution in [0, 0.1) is 0 Å². The van der Waals surface area contributed by atoms with Gasteiger partial charge in [0.2, 0.25) is 20.9 Å². The summed E-state index contributed by atoms with van der Waals surface area (Å²) in [6.07, 6.45) is 3.04. The Bertz CT molecular complexity index is 714. The van der Waals surface area contributed by atoms with Gasteiger partial charge in [-0.2, -0.15) is 0 Å². The van der Waals surface area contributed by atoms with E-state index in [1.54, 1.807) is 24.8 Å². The molecule has 1 aliphatic heterocycles. The summed E-state index contributed by atoms with van der Waals surface area (Å²) in [5.74, 6) is 0.110. The molecule has 8 nitrogen and oxygen atoms in total. The Kier molecular flexibility index (Phi) is 7.19. The van der Waals surface area contributed by atoms with Crippen LogP contribution in [0.5, 0.6) is 0 Å². The summed E-state index contributed by atoms with van der Waals surface area (Å²) in [7, 11) is -1.81. The summed E-state index contributed by atoms with van der Waals surface area (Å²) in [4.78, 5) is 17.9. The second-order valence-electron chi connectivity index (χ2n) is 6.91. The van der Waals surface area contributed by atoms with Gasteiger partial charge in [0.05, 0.1) is 24.3 Å².